The maximum Gasteiger partial charge on any atom is 0.0599 e. The van der Waals surface area contributed by atoms with E-state index in [0.29, 0.717) is 5.41 Å². The van der Waals surface area contributed by atoms with Crippen LogP contribution in [0.5, 0.6) is 0 Å². The number of piperidine rings is 1. The van der Waals surface area contributed by atoms with Gasteiger partial charge in [0.1, 0.15) is 0 Å². The third-order valence-corrected chi connectivity index (χ3v) is 3.16. The molecule has 68 valence electrons. The number of nitrogens with zero attached hydrogens (tertiary/aromatic N) is 1. The molecule has 12 heavy (non-hydrogen) atoms. The lowest BCUT2D eigenvalue weighted by molar-refractivity contribution is 0.0743. The minimum Gasteiger partial charge on any atom is -0.292 e. The van der Waals surface area contributed by atoms with Crippen molar-refractivity contribution in [3.8, 4) is 12.3 Å². The first-order valence-electron chi connectivity index (χ1n) is 4.72. The predicted molar refractivity (Wildman–Crippen MR) is 52.8 cm³/mol. The SMILES string of the molecule is C#CCN1CCC(C)C(C)(C)C1. The predicted octanol–water partition coefficient (Wildman–Crippen LogP) is 1.99. The summed E-state index contributed by atoms with van der Waals surface area (Å²) in [5, 5.41) is 0. The number of terminal acetylenes is 1. The monoisotopic (exact) mass is 165 g/mol. The lowest BCUT2D eigenvalue weighted by atomic mass is 9.75. The summed E-state index contributed by atoms with van der Waals surface area (Å²) in [6.45, 7) is 10.2. The van der Waals surface area contributed by atoms with Crippen molar-refractivity contribution in [1.82, 2.24) is 4.90 Å². The molecule has 0 aromatic carbocycles. The van der Waals surface area contributed by atoms with Crippen molar-refractivity contribution in [2.24, 2.45) is 11.3 Å². The van der Waals surface area contributed by atoms with E-state index in [1.807, 2.05) is 0 Å². The van der Waals surface area contributed by atoms with Crippen LogP contribution in [0.25, 0.3) is 0 Å². The normalized spacial score (nSPS) is 29.7. The molecule has 1 saturated heterocycles. The van der Waals surface area contributed by atoms with Gasteiger partial charge in [-0.1, -0.05) is 26.7 Å². The van der Waals surface area contributed by atoms with E-state index in [1.165, 1.54) is 13.0 Å². The molecule has 1 heteroatoms. The summed E-state index contributed by atoms with van der Waals surface area (Å²) in [6.07, 6.45) is 6.58. The van der Waals surface area contributed by atoms with E-state index in [0.717, 1.165) is 19.0 Å². The van der Waals surface area contributed by atoms with Gasteiger partial charge in [0.25, 0.3) is 0 Å². The molecule has 1 aliphatic rings. The van der Waals surface area contributed by atoms with E-state index in [-0.39, 0.29) is 0 Å². The largest absolute Gasteiger partial charge is 0.292 e. The van der Waals surface area contributed by atoms with E-state index in [9.17, 15) is 0 Å². The highest BCUT2D eigenvalue weighted by molar-refractivity contribution is 4.93. The van der Waals surface area contributed by atoms with Gasteiger partial charge in [0.15, 0.2) is 0 Å². The molecule has 0 N–H and O–H groups in total. The summed E-state index contributed by atoms with van der Waals surface area (Å²) in [4.78, 5) is 2.38. The molecular weight excluding hydrogens is 146 g/mol. The highest BCUT2D eigenvalue weighted by Gasteiger charge is 2.32. The summed E-state index contributed by atoms with van der Waals surface area (Å²) in [7, 11) is 0. The van der Waals surface area contributed by atoms with Crippen molar-refractivity contribution < 1.29 is 0 Å². The standard InChI is InChI=1S/C11H19N/c1-5-7-12-8-6-10(2)11(3,4)9-12/h1,10H,6-9H2,2-4H3. The maximum absolute atomic E-state index is 5.29. The first-order valence-corrected chi connectivity index (χ1v) is 4.72. The zero-order chi connectivity index (χ0) is 9.19. The van der Waals surface area contributed by atoms with Gasteiger partial charge in [0.2, 0.25) is 0 Å². The third kappa shape index (κ3) is 2.01. The molecular formula is C11H19N. The number of rotatable bonds is 1. The van der Waals surface area contributed by atoms with Crippen LogP contribution in [0.4, 0.5) is 0 Å². The van der Waals surface area contributed by atoms with E-state index in [4.69, 9.17) is 6.42 Å². The van der Waals surface area contributed by atoms with Gasteiger partial charge in [0.05, 0.1) is 6.54 Å². The molecule has 0 saturated carbocycles. The Morgan fingerprint density at radius 3 is 2.75 bits per heavy atom. The van der Waals surface area contributed by atoms with Crippen molar-refractivity contribution in [2.45, 2.75) is 27.2 Å². The average molecular weight is 165 g/mol. The first-order chi connectivity index (χ1) is 5.56. The molecule has 1 aliphatic heterocycles. The molecule has 1 fully saturated rings. The van der Waals surface area contributed by atoms with Gasteiger partial charge in [-0.2, -0.15) is 0 Å². The van der Waals surface area contributed by atoms with Crippen LogP contribution in [-0.4, -0.2) is 24.5 Å². The van der Waals surface area contributed by atoms with Crippen molar-refractivity contribution >= 4 is 0 Å². The highest BCUT2D eigenvalue weighted by atomic mass is 15.1. The Morgan fingerprint density at radius 1 is 1.58 bits per heavy atom. The third-order valence-electron chi connectivity index (χ3n) is 3.16. The highest BCUT2D eigenvalue weighted by Crippen LogP contribution is 2.33. The Labute approximate surface area is 76.1 Å². The van der Waals surface area contributed by atoms with Crippen LogP contribution < -0.4 is 0 Å². The van der Waals surface area contributed by atoms with Gasteiger partial charge < -0.3 is 0 Å². The second-order valence-electron chi connectivity index (χ2n) is 4.59. The van der Waals surface area contributed by atoms with Gasteiger partial charge in [0, 0.05) is 6.54 Å². The van der Waals surface area contributed by atoms with Crippen LogP contribution in [0.2, 0.25) is 0 Å². The lowest BCUT2D eigenvalue weighted by Crippen LogP contribution is -2.44. The molecule has 0 aliphatic carbocycles. The maximum atomic E-state index is 5.29. The molecule has 0 radical (unpaired) electrons. The zero-order valence-corrected chi connectivity index (χ0v) is 8.43. The summed E-state index contributed by atoms with van der Waals surface area (Å²) in [5.41, 5.74) is 0.440. The molecule has 1 heterocycles. The Morgan fingerprint density at radius 2 is 2.25 bits per heavy atom. The van der Waals surface area contributed by atoms with Gasteiger partial charge in [-0.05, 0) is 24.3 Å². The van der Waals surface area contributed by atoms with E-state index in [2.05, 4.69) is 31.6 Å². The minimum absolute atomic E-state index is 0.440. The Hall–Kier alpha value is -0.480. The molecule has 0 aromatic rings. The summed E-state index contributed by atoms with van der Waals surface area (Å²) < 4.78 is 0. The summed E-state index contributed by atoms with van der Waals surface area (Å²) in [6, 6.07) is 0. The Bertz CT molecular complexity index is 188. The van der Waals surface area contributed by atoms with Crippen LogP contribution in [-0.2, 0) is 0 Å². The van der Waals surface area contributed by atoms with Crippen LogP contribution in [0.3, 0.4) is 0 Å². The number of likely N-dealkylation sites (tertiary alicyclic amines) is 1. The van der Waals surface area contributed by atoms with Gasteiger partial charge in [-0.25, -0.2) is 0 Å². The van der Waals surface area contributed by atoms with Crippen molar-refractivity contribution in [3.05, 3.63) is 0 Å². The lowest BCUT2D eigenvalue weighted by Gasteiger charge is -2.42. The first kappa shape index (κ1) is 9.61. The zero-order valence-electron chi connectivity index (χ0n) is 8.43. The van der Waals surface area contributed by atoms with Crippen molar-refractivity contribution in [2.75, 3.05) is 19.6 Å². The van der Waals surface area contributed by atoms with Gasteiger partial charge in [-0.3, -0.25) is 4.90 Å². The van der Waals surface area contributed by atoms with E-state index >= 15 is 0 Å². The van der Waals surface area contributed by atoms with Crippen molar-refractivity contribution in [3.63, 3.8) is 0 Å². The fourth-order valence-corrected chi connectivity index (χ4v) is 1.84. The van der Waals surface area contributed by atoms with Crippen LogP contribution in [0.1, 0.15) is 27.2 Å². The molecule has 1 rings (SSSR count). The van der Waals surface area contributed by atoms with E-state index in [1.54, 1.807) is 0 Å². The molecule has 1 nitrogen and oxygen atoms in total. The van der Waals surface area contributed by atoms with Gasteiger partial charge >= 0.3 is 0 Å². The van der Waals surface area contributed by atoms with Gasteiger partial charge in [-0.15, -0.1) is 6.42 Å². The second kappa shape index (κ2) is 3.49. The molecule has 0 spiro atoms. The van der Waals surface area contributed by atoms with Crippen LogP contribution >= 0.6 is 0 Å². The molecule has 0 amide bonds. The van der Waals surface area contributed by atoms with Crippen LogP contribution in [0, 0.1) is 23.7 Å². The minimum atomic E-state index is 0.440. The summed E-state index contributed by atoms with van der Waals surface area (Å²) >= 11 is 0. The smallest absolute Gasteiger partial charge is 0.0599 e. The molecule has 1 atom stereocenters. The fraction of sp³-hybridized carbons (Fsp3) is 0.818. The summed E-state index contributed by atoms with van der Waals surface area (Å²) in [5.74, 6) is 3.54. The quantitative estimate of drug-likeness (QED) is 0.537. The Balaban J connectivity index is 2.52. The number of hydrogen-bond donors (Lipinski definition) is 0. The molecule has 0 aromatic heterocycles. The second-order valence-corrected chi connectivity index (χ2v) is 4.59. The topological polar surface area (TPSA) is 3.24 Å². The van der Waals surface area contributed by atoms with Crippen LogP contribution in [0.15, 0.2) is 0 Å². The van der Waals surface area contributed by atoms with Crippen molar-refractivity contribution in [1.29, 1.82) is 0 Å². The molecule has 1 unspecified atom stereocenters. The number of hydrogen-bond acceptors (Lipinski definition) is 1. The average Bonchev–Trinajstić information content (AvgIpc) is 1.97. The fourth-order valence-electron chi connectivity index (χ4n) is 1.84. The Kier molecular flexibility index (Phi) is 2.80. The molecule has 0 bridgehead atoms. The van der Waals surface area contributed by atoms with E-state index < -0.39 is 0 Å².